The number of likely N-dealkylation sites (N-methyl/N-ethyl adjacent to an activating group) is 1. The van der Waals surface area contributed by atoms with Gasteiger partial charge in [0.05, 0.1) is 17.0 Å². The SMILES string of the molecule is CN1CC2(CCN(Cc3ccccn3)CC2)c2nc(C(C)(C)C)ncc2C1=O. The molecule has 28 heavy (non-hydrogen) atoms. The van der Waals surface area contributed by atoms with Gasteiger partial charge in [-0.05, 0) is 38.1 Å². The smallest absolute Gasteiger partial charge is 0.257 e. The molecule has 4 heterocycles. The Labute approximate surface area is 167 Å². The van der Waals surface area contributed by atoms with Crippen molar-refractivity contribution in [1.82, 2.24) is 24.8 Å². The van der Waals surface area contributed by atoms with Crippen LogP contribution in [0.15, 0.2) is 30.6 Å². The molecule has 2 aliphatic heterocycles. The predicted molar refractivity (Wildman–Crippen MR) is 108 cm³/mol. The second kappa shape index (κ2) is 6.92. The molecule has 2 aromatic rings. The first-order valence-electron chi connectivity index (χ1n) is 10.0. The van der Waals surface area contributed by atoms with E-state index < -0.39 is 0 Å². The maximum absolute atomic E-state index is 12.7. The van der Waals surface area contributed by atoms with Crippen LogP contribution in [0.1, 0.15) is 61.2 Å². The molecule has 6 nitrogen and oxygen atoms in total. The summed E-state index contributed by atoms with van der Waals surface area (Å²) >= 11 is 0. The first kappa shape index (κ1) is 19.0. The average molecular weight is 380 g/mol. The Balaban J connectivity index is 1.62. The topological polar surface area (TPSA) is 62.2 Å². The molecule has 148 valence electrons. The second-order valence-corrected chi connectivity index (χ2v) is 9.24. The minimum absolute atomic E-state index is 0.0389. The van der Waals surface area contributed by atoms with Crippen molar-refractivity contribution in [3.63, 3.8) is 0 Å². The molecule has 1 fully saturated rings. The molecule has 0 saturated carbocycles. The molecule has 0 atom stereocenters. The fourth-order valence-electron chi connectivity index (χ4n) is 4.37. The summed E-state index contributed by atoms with van der Waals surface area (Å²) in [5.41, 5.74) is 2.53. The molecule has 2 aliphatic rings. The zero-order valence-electron chi connectivity index (χ0n) is 17.3. The second-order valence-electron chi connectivity index (χ2n) is 9.24. The third-order valence-electron chi connectivity index (χ3n) is 6.00. The highest BCUT2D eigenvalue weighted by Crippen LogP contribution is 2.41. The van der Waals surface area contributed by atoms with Gasteiger partial charge in [-0.1, -0.05) is 26.8 Å². The Morgan fingerprint density at radius 1 is 1.14 bits per heavy atom. The Bertz CT molecular complexity index is 866. The van der Waals surface area contributed by atoms with E-state index in [1.807, 2.05) is 30.3 Å². The Hall–Kier alpha value is -2.34. The molecule has 2 aromatic heterocycles. The van der Waals surface area contributed by atoms with Crippen LogP contribution >= 0.6 is 0 Å². The Kier molecular flexibility index (Phi) is 4.70. The van der Waals surface area contributed by atoms with Crippen molar-refractivity contribution in [2.75, 3.05) is 26.7 Å². The number of piperidine rings is 1. The summed E-state index contributed by atoms with van der Waals surface area (Å²) in [6.45, 7) is 9.92. The largest absolute Gasteiger partial charge is 0.341 e. The zero-order valence-corrected chi connectivity index (χ0v) is 17.3. The average Bonchev–Trinajstić information content (AvgIpc) is 2.68. The number of carbonyl (C=O) groups excluding carboxylic acids is 1. The highest BCUT2D eigenvalue weighted by molar-refractivity contribution is 5.96. The van der Waals surface area contributed by atoms with E-state index in [1.54, 1.807) is 6.20 Å². The number of carbonyl (C=O) groups is 1. The summed E-state index contributed by atoms with van der Waals surface area (Å²) in [6.07, 6.45) is 5.59. The van der Waals surface area contributed by atoms with Crippen molar-refractivity contribution in [3.8, 4) is 0 Å². The lowest BCUT2D eigenvalue weighted by molar-refractivity contribution is 0.0621. The summed E-state index contributed by atoms with van der Waals surface area (Å²) in [5, 5.41) is 0. The van der Waals surface area contributed by atoms with Crippen molar-refractivity contribution in [1.29, 1.82) is 0 Å². The molecule has 1 saturated heterocycles. The van der Waals surface area contributed by atoms with Crippen LogP contribution in [0.25, 0.3) is 0 Å². The number of nitrogens with zero attached hydrogens (tertiary/aromatic N) is 5. The van der Waals surface area contributed by atoms with Gasteiger partial charge in [-0.15, -0.1) is 0 Å². The van der Waals surface area contributed by atoms with Crippen LogP contribution in [0.2, 0.25) is 0 Å². The van der Waals surface area contributed by atoms with Crippen LogP contribution < -0.4 is 0 Å². The molecule has 0 unspecified atom stereocenters. The molecule has 4 rings (SSSR count). The van der Waals surface area contributed by atoms with Crippen molar-refractivity contribution in [2.45, 2.75) is 51.0 Å². The molecule has 0 radical (unpaired) electrons. The number of hydrogen-bond donors (Lipinski definition) is 0. The predicted octanol–water partition coefficient (Wildman–Crippen LogP) is 2.79. The van der Waals surface area contributed by atoms with E-state index in [0.717, 1.165) is 56.2 Å². The number of rotatable bonds is 2. The number of aromatic nitrogens is 3. The lowest BCUT2D eigenvalue weighted by Gasteiger charge is -2.46. The molecule has 0 aliphatic carbocycles. The van der Waals surface area contributed by atoms with Gasteiger partial charge >= 0.3 is 0 Å². The summed E-state index contributed by atoms with van der Waals surface area (Å²) < 4.78 is 0. The minimum Gasteiger partial charge on any atom is -0.341 e. The highest BCUT2D eigenvalue weighted by Gasteiger charge is 2.46. The van der Waals surface area contributed by atoms with E-state index in [2.05, 4.69) is 41.7 Å². The standard InChI is InChI=1S/C22H29N5O/c1-21(2,3)20-24-13-17-18(25-20)22(15-26(4)19(17)28)8-11-27(12-9-22)14-16-7-5-6-10-23-16/h5-7,10,13H,8-9,11-12,14-15H2,1-4H3. The quantitative estimate of drug-likeness (QED) is 0.803. The number of likely N-dealkylation sites (tertiary alicyclic amines) is 1. The van der Waals surface area contributed by atoms with Crippen LogP contribution in [-0.2, 0) is 17.4 Å². The monoisotopic (exact) mass is 379 g/mol. The maximum Gasteiger partial charge on any atom is 0.257 e. The summed E-state index contributed by atoms with van der Waals surface area (Å²) in [6, 6.07) is 6.07. The lowest BCUT2D eigenvalue weighted by Crippen LogP contribution is -2.54. The normalized spacial score (nSPS) is 19.7. The van der Waals surface area contributed by atoms with Gasteiger partial charge in [-0.3, -0.25) is 14.7 Å². The van der Waals surface area contributed by atoms with Gasteiger partial charge in [0, 0.05) is 43.4 Å². The molecular formula is C22H29N5O. The number of amides is 1. The Morgan fingerprint density at radius 3 is 2.54 bits per heavy atom. The molecule has 6 heteroatoms. The van der Waals surface area contributed by atoms with Gasteiger partial charge in [0.1, 0.15) is 5.82 Å². The van der Waals surface area contributed by atoms with Crippen molar-refractivity contribution >= 4 is 5.91 Å². The van der Waals surface area contributed by atoms with E-state index in [1.165, 1.54) is 0 Å². The number of pyridine rings is 1. The zero-order chi connectivity index (χ0) is 19.9. The molecule has 1 amide bonds. The van der Waals surface area contributed by atoms with E-state index >= 15 is 0 Å². The van der Waals surface area contributed by atoms with Crippen molar-refractivity contribution in [2.24, 2.45) is 0 Å². The minimum atomic E-state index is -0.137. The third kappa shape index (κ3) is 3.41. The van der Waals surface area contributed by atoms with Crippen LogP contribution in [0, 0.1) is 0 Å². The molecular weight excluding hydrogens is 350 g/mol. The van der Waals surface area contributed by atoms with Gasteiger partial charge in [0.25, 0.3) is 5.91 Å². The molecule has 1 spiro atoms. The van der Waals surface area contributed by atoms with E-state index in [0.29, 0.717) is 5.56 Å². The maximum atomic E-state index is 12.7. The number of hydrogen-bond acceptors (Lipinski definition) is 5. The van der Waals surface area contributed by atoms with E-state index in [-0.39, 0.29) is 16.7 Å². The fourth-order valence-corrected chi connectivity index (χ4v) is 4.37. The van der Waals surface area contributed by atoms with Gasteiger partial charge in [0.15, 0.2) is 0 Å². The van der Waals surface area contributed by atoms with Crippen LogP contribution in [0.5, 0.6) is 0 Å². The van der Waals surface area contributed by atoms with Crippen LogP contribution in [0.4, 0.5) is 0 Å². The van der Waals surface area contributed by atoms with Gasteiger partial charge in [-0.25, -0.2) is 9.97 Å². The first-order chi connectivity index (χ1) is 13.3. The van der Waals surface area contributed by atoms with Gasteiger partial charge in [-0.2, -0.15) is 0 Å². The summed E-state index contributed by atoms with van der Waals surface area (Å²) in [7, 11) is 1.89. The van der Waals surface area contributed by atoms with Crippen molar-refractivity contribution < 1.29 is 4.79 Å². The third-order valence-corrected chi connectivity index (χ3v) is 6.00. The molecule has 0 N–H and O–H groups in total. The van der Waals surface area contributed by atoms with Gasteiger partial charge in [0.2, 0.25) is 0 Å². The van der Waals surface area contributed by atoms with Crippen molar-refractivity contribution in [3.05, 3.63) is 53.4 Å². The highest BCUT2D eigenvalue weighted by atomic mass is 16.2. The summed E-state index contributed by atoms with van der Waals surface area (Å²) in [4.78, 5) is 31.0. The Morgan fingerprint density at radius 2 is 1.89 bits per heavy atom. The van der Waals surface area contributed by atoms with Crippen LogP contribution in [0.3, 0.4) is 0 Å². The lowest BCUT2D eigenvalue weighted by atomic mass is 9.71. The molecule has 0 bridgehead atoms. The van der Waals surface area contributed by atoms with Crippen LogP contribution in [-0.4, -0.2) is 57.3 Å². The molecule has 0 aromatic carbocycles. The van der Waals surface area contributed by atoms with E-state index in [9.17, 15) is 4.79 Å². The fraction of sp³-hybridized carbons (Fsp3) is 0.545. The first-order valence-corrected chi connectivity index (χ1v) is 10.0. The van der Waals surface area contributed by atoms with E-state index in [4.69, 9.17) is 4.98 Å². The summed E-state index contributed by atoms with van der Waals surface area (Å²) in [5.74, 6) is 0.857. The number of fused-ring (bicyclic) bond motifs is 2. The van der Waals surface area contributed by atoms with Gasteiger partial charge < -0.3 is 4.90 Å².